The number of hydrogen-bond acceptors (Lipinski definition) is 4. The Hall–Kier alpha value is -1.13. The molecule has 1 aliphatic rings. The standard InChI is InChI=1S/C16H26N2O2/c1-11(2)18-10-14-9-15(5-6-17-14)20-16-7-12(3)19-13(4)8-16/h5-6,9,11-13,16,18H,7-8,10H2,1-4H3. The molecule has 0 saturated carbocycles. The summed E-state index contributed by atoms with van der Waals surface area (Å²) in [6.45, 7) is 9.25. The summed E-state index contributed by atoms with van der Waals surface area (Å²) < 4.78 is 11.8. The van der Waals surface area contributed by atoms with Gasteiger partial charge in [-0.15, -0.1) is 0 Å². The lowest BCUT2D eigenvalue weighted by molar-refractivity contribution is -0.0721. The van der Waals surface area contributed by atoms with Gasteiger partial charge in [0.15, 0.2) is 0 Å². The van der Waals surface area contributed by atoms with E-state index >= 15 is 0 Å². The highest BCUT2D eigenvalue weighted by molar-refractivity contribution is 5.23. The Labute approximate surface area is 121 Å². The van der Waals surface area contributed by atoms with Gasteiger partial charge in [0, 0.05) is 37.7 Å². The highest BCUT2D eigenvalue weighted by Crippen LogP contribution is 2.24. The van der Waals surface area contributed by atoms with E-state index in [0.29, 0.717) is 6.04 Å². The predicted molar refractivity (Wildman–Crippen MR) is 79.9 cm³/mol. The van der Waals surface area contributed by atoms with Crippen LogP contribution in [0.4, 0.5) is 0 Å². The van der Waals surface area contributed by atoms with Crippen LogP contribution in [0.3, 0.4) is 0 Å². The molecule has 0 radical (unpaired) electrons. The van der Waals surface area contributed by atoms with Gasteiger partial charge >= 0.3 is 0 Å². The Kier molecular flexibility index (Phi) is 5.38. The lowest BCUT2D eigenvalue weighted by Crippen LogP contribution is -2.35. The van der Waals surface area contributed by atoms with E-state index in [-0.39, 0.29) is 18.3 Å². The van der Waals surface area contributed by atoms with E-state index in [9.17, 15) is 0 Å². The summed E-state index contributed by atoms with van der Waals surface area (Å²) in [7, 11) is 0. The summed E-state index contributed by atoms with van der Waals surface area (Å²) >= 11 is 0. The second kappa shape index (κ2) is 7.04. The summed E-state index contributed by atoms with van der Waals surface area (Å²) in [4.78, 5) is 4.37. The Morgan fingerprint density at radius 2 is 2.05 bits per heavy atom. The molecular formula is C16H26N2O2. The number of pyridine rings is 1. The van der Waals surface area contributed by atoms with E-state index in [1.165, 1.54) is 0 Å². The highest BCUT2D eigenvalue weighted by Gasteiger charge is 2.25. The third-order valence-corrected chi connectivity index (χ3v) is 3.44. The fourth-order valence-electron chi connectivity index (χ4n) is 2.57. The fraction of sp³-hybridized carbons (Fsp3) is 0.688. The van der Waals surface area contributed by atoms with Crippen LogP contribution in [0.5, 0.6) is 5.75 Å². The lowest BCUT2D eigenvalue weighted by Gasteiger charge is -2.32. The highest BCUT2D eigenvalue weighted by atomic mass is 16.5. The van der Waals surface area contributed by atoms with E-state index in [4.69, 9.17) is 9.47 Å². The SMILES string of the molecule is CC(C)NCc1cc(OC2CC(C)OC(C)C2)ccn1. The number of aromatic nitrogens is 1. The van der Waals surface area contributed by atoms with Gasteiger partial charge in [-0.1, -0.05) is 13.8 Å². The van der Waals surface area contributed by atoms with Gasteiger partial charge in [-0.2, -0.15) is 0 Å². The van der Waals surface area contributed by atoms with Crippen LogP contribution < -0.4 is 10.1 Å². The fourth-order valence-corrected chi connectivity index (χ4v) is 2.57. The molecule has 4 heteroatoms. The molecule has 1 aromatic rings. The van der Waals surface area contributed by atoms with Crippen LogP contribution in [-0.4, -0.2) is 29.3 Å². The molecular weight excluding hydrogens is 252 g/mol. The maximum atomic E-state index is 6.10. The zero-order chi connectivity index (χ0) is 14.5. The van der Waals surface area contributed by atoms with Gasteiger partial charge in [-0.25, -0.2) is 0 Å². The third-order valence-electron chi connectivity index (χ3n) is 3.44. The van der Waals surface area contributed by atoms with Crippen molar-refractivity contribution < 1.29 is 9.47 Å². The van der Waals surface area contributed by atoms with Crippen molar-refractivity contribution in [3.8, 4) is 5.75 Å². The first-order valence-corrected chi connectivity index (χ1v) is 7.53. The average molecular weight is 278 g/mol. The minimum atomic E-state index is 0.238. The van der Waals surface area contributed by atoms with Gasteiger partial charge in [0.1, 0.15) is 11.9 Å². The van der Waals surface area contributed by atoms with Crippen LogP contribution in [0.1, 0.15) is 46.2 Å². The van der Waals surface area contributed by atoms with Crippen molar-refractivity contribution >= 4 is 0 Å². The molecule has 1 N–H and O–H groups in total. The Bertz CT molecular complexity index is 413. The number of hydrogen-bond donors (Lipinski definition) is 1. The Morgan fingerprint density at radius 3 is 2.70 bits per heavy atom. The molecule has 0 aromatic carbocycles. The van der Waals surface area contributed by atoms with Gasteiger partial charge < -0.3 is 14.8 Å². The molecule has 0 aliphatic carbocycles. The largest absolute Gasteiger partial charge is 0.490 e. The first kappa shape index (κ1) is 15.3. The topological polar surface area (TPSA) is 43.4 Å². The molecule has 2 atom stereocenters. The molecule has 2 heterocycles. The van der Waals surface area contributed by atoms with Crippen molar-refractivity contribution in [2.75, 3.05) is 0 Å². The van der Waals surface area contributed by atoms with Gasteiger partial charge in [0.25, 0.3) is 0 Å². The lowest BCUT2D eigenvalue weighted by atomic mass is 10.0. The molecule has 1 aliphatic heterocycles. The average Bonchev–Trinajstić information content (AvgIpc) is 2.35. The molecule has 0 bridgehead atoms. The Morgan fingerprint density at radius 1 is 1.35 bits per heavy atom. The molecule has 112 valence electrons. The number of nitrogens with zero attached hydrogens (tertiary/aromatic N) is 1. The molecule has 2 unspecified atom stereocenters. The van der Waals surface area contributed by atoms with Crippen molar-refractivity contribution in [1.29, 1.82) is 0 Å². The van der Waals surface area contributed by atoms with Crippen LogP contribution in [-0.2, 0) is 11.3 Å². The molecule has 0 spiro atoms. The Balaban J connectivity index is 1.93. The normalized spacial score (nSPS) is 26.8. The van der Waals surface area contributed by atoms with Gasteiger partial charge in [0.05, 0.1) is 17.9 Å². The van der Waals surface area contributed by atoms with E-state index in [0.717, 1.165) is 30.8 Å². The first-order valence-electron chi connectivity index (χ1n) is 7.53. The molecule has 4 nitrogen and oxygen atoms in total. The second-order valence-electron chi connectivity index (χ2n) is 5.99. The van der Waals surface area contributed by atoms with E-state index < -0.39 is 0 Å². The zero-order valence-corrected chi connectivity index (χ0v) is 12.9. The quantitative estimate of drug-likeness (QED) is 0.899. The van der Waals surface area contributed by atoms with Crippen molar-refractivity contribution in [3.63, 3.8) is 0 Å². The van der Waals surface area contributed by atoms with Crippen LogP contribution >= 0.6 is 0 Å². The van der Waals surface area contributed by atoms with Gasteiger partial charge in [0.2, 0.25) is 0 Å². The van der Waals surface area contributed by atoms with Gasteiger partial charge in [-0.3, -0.25) is 4.98 Å². The molecule has 0 amide bonds. The molecule has 1 aromatic heterocycles. The summed E-state index contributed by atoms with van der Waals surface area (Å²) in [5.74, 6) is 0.909. The summed E-state index contributed by atoms with van der Waals surface area (Å²) in [6, 6.07) is 4.42. The minimum Gasteiger partial charge on any atom is -0.490 e. The number of ether oxygens (including phenoxy) is 2. The molecule has 1 saturated heterocycles. The smallest absolute Gasteiger partial charge is 0.123 e. The van der Waals surface area contributed by atoms with Crippen molar-refractivity contribution in [2.45, 2.75) is 71.4 Å². The molecule has 1 fully saturated rings. The predicted octanol–water partition coefficient (Wildman–Crippen LogP) is 2.91. The maximum Gasteiger partial charge on any atom is 0.123 e. The summed E-state index contributed by atoms with van der Waals surface area (Å²) in [5, 5.41) is 3.37. The summed E-state index contributed by atoms with van der Waals surface area (Å²) in [5.41, 5.74) is 1.02. The van der Waals surface area contributed by atoms with Crippen LogP contribution in [0.25, 0.3) is 0 Å². The minimum absolute atomic E-state index is 0.238. The molecule has 2 rings (SSSR count). The molecule has 20 heavy (non-hydrogen) atoms. The monoisotopic (exact) mass is 278 g/mol. The van der Waals surface area contributed by atoms with Crippen molar-refractivity contribution in [2.24, 2.45) is 0 Å². The third kappa shape index (κ3) is 4.76. The maximum absolute atomic E-state index is 6.10. The van der Waals surface area contributed by atoms with E-state index in [1.54, 1.807) is 0 Å². The van der Waals surface area contributed by atoms with E-state index in [2.05, 4.69) is 38.0 Å². The zero-order valence-electron chi connectivity index (χ0n) is 12.9. The van der Waals surface area contributed by atoms with Crippen LogP contribution in [0.15, 0.2) is 18.3 Å². The van der Waals surface area contributed by atoms with Crippen LogP contribution in [0, 0.1) is 0 Å². The van der Waals surface area contributed by atoms with Crippen molar-refractivity contribution in [1.82, 2.24) is 10.3 Å². The van der Waals surface area contributed by atoms with E-state index in [1.807, 2.05) is 18.3 Å². The van der Waals surface area contributed by atoms with Crippen LogP contribution in [0.2, 0.25) is 0 Å². The number of nitrogens with one attached hydrogen (secondary N) is 1. The second-order valence-corrected chi connectivity index (χ2v) is 5.99. The van der Waals surface area contributed by atoms with Gasteiger partial charge in [-0.05, 0) is 19.9 Å². The number of rotatable bonds is 5. The van der Waals surface area contributed by atoms with Crippen molar-refractivity contribution in [3.05, 3.63) is 24.0 Å². The first-order chi connectivity index (χ1) is 9.52. The summed E-state index contributed by atoms with van der Waals surface area (Å²) in [6.07, 6.45) is 4.50.